The fraction of sp³-hybridized carbons (Fsp3) is 0.211. The number of nitrogens with one attached hydrogen (secondary N) is 2. The molecule has 0 aliphatic rings. The summed E-state index contributed by atoms with van der Waals surface area (Å²) in [6.45, 7) is 2.51. The van der Waals surface area contributed by atoms with E-state index in [4.69, 9.17) is 21.1 Å². The topological polar surface area (TPSA) is 81.2 Å². The monoisotopic (exact) mass is 385 g/mol. The van der Waals surface area contributed by atoms with Gasteiger partial charge in [0.25, 0.3) is 0 Å². The molecule has 0 bridgehead atoms. The van der Waals surface area contributed by atoms with E-state index in [0.717, 1.165) is 16.8 Å². The Kier molecular flexibility index (Phi) is 5.93. The fourth-order valence-electron chi connectivity index (χ4n) is 2.48. The molecule has 1 aromatic heterocycles. The van der Waals surface area contributed by atoms with Crippen molar-refractivity contribution in [2.24, 2.45) is 0 Å². The Morgan fingerprint density at radius 1 is 1.04 bits per heavy atom. The van der Waals surface area contributed by atoms with Crippen molar-refractivity contribution >= 4 is 29.1 Å². The lowest BCUT2D eigenvalue weighted by atomic mass is 10.2. The molecule has 0 amide bonds. The number of aromatic nitrogens is 3. The van der Waals surface area contributed by atoms with Crippen LogP contribution in [0.3, 0.4) is 0 Å². The van der Waals surface area contributed by atoms with E-state index in [9.17, 15) is 0 Å². The van der Waals surface area contributed by atoms with Crippen LogP contribution in [-0.4, -0.2) is 29.4 Å². The summed E-state index contributed by atoms with van der Waals surface area (Å²) in [5, 5.41) is 15.0. The molecule has 2 aromatic carbocycles. The molecule has 1 heterocycles. The van der Waals surface area contributed by atoms with Crippen LogP contribution < -0.4 is 20.1 Å². The van der Waals surface area contributed by atoms with Crippen LogP contribution in [0.15, 0.2) is 42.6 Å². The molecule has 2 N–H and O–H groups in total. The molecule has 7 nitrogen and oxygen atoms in total. The van der Waals surface area contributed by atoms with Gasteiger partial charge in [-0.15, -0.1) is 5.10 Å². The zero-order chi connectivity index (χ0) is 19.2. The predicted molar refractivity (Wildman–Crippen MR) is 106 cm³/mol. The molecule has 0 saturated heterocycles. The normalized spacial score (nSPS) is 10.4. The van der Waals surface area contributed by atoms with Crippen LogP contribution in [-0.2, 0) is 6.54 Å². The first-order valence-corrected chi connectivity index (χ1v) is 8.64. The fourth-order valence-corrected chi connectivity index (χ4v) is 2.65. The van der Waals surface area contributed by atoms with Gasteiger partial charge in [-0.25, -0.2) is 0 Å². The zero-order valence-electron chi connectivity index (χ0n) is 15.3. The molecule has 0 unspecified atom stereocenters. The lowest BCUT2D eigenvalue weighted by Crippen LogP contribution is -2.07. The van der Waals surface area contributed by atoms with Crippen LogP contribution in [0.1, 0.15) is 11.1 Å². The number of ether oxygens (including phenoxy) is 2. The van der Waals surface area contributed by atoms with E-state index in [1.165, 1.54) is 0 Å². The van der Waals surface area contributed by atoms with Gasteiger partial charge >= 0.3 is 0 Å². The molecule has 0 fully saturated rings. The minimum Gasteiger partial charge on any atom is -0.493 e. The minimum atomic E-state index is 0.412. The van der Waals surface area contributed by atoms with Crippen LogP contribution in [0.5, 0.6) is 11.5 Å². The van der Waals surface area contributed by atoms with Gasteiger partial charge in [-0.2, -0.15) is 10.1 Å². The molecule has 0 aliphatic heterocycles. The van der Waals surface area contributed by atoms with Crippen LogP contribution >= 0.6 is 11.6 Å². The van der Waals surface area contributed by atoms with E-state index < -0.39 is 0 Å². The van der Waals surface area contributed by atoms with Gasteiger partial charge in [-0.1, -0.05) is 23.7 Å². The first-order valence-electron chi connectivity index (χ1n) is 8.26. The average Bonchev–Trinajstić information content (AvgIpc) is 2.69. The lowest BCUT2D eigenvalue weighted by Gasteiger charge is -2.11. The summed E-state index contributed by atoms with van der Waals surface area (Å²) < 4.78 is 10.6. The second kappa shape index (κ2) is 8.55. The molecule has 0 aliphatic carbocycles. The summed E-state index contributed by atoms with van der Waals surface area (Å²) in [5.41, 5.74) is 2.92. The van der Waals surface area contributed by atoms with Crippen LogP contribution in [0.25, 0.3) is 0 Å². The molecule has 0 radical (unpaired) electrons. The van der Waals surface area contributed by atoms with Gasteiger partial charge < -0.3 is 20.1 Å². The summed E-state index contributed by atoms with van der Waals surface area (Å²) >= 11 is 6.06. The highest BCUT2D eigenvalue weighted by Crippen LogP contribution is 2.28. The van der Waals surface area contributed by atoms with E-state index in [2.05, 4.69) is 25.8 Å². The van der Waals surface area contributed by atoms with Crippen molar-refractivity contribution in [3.05, 3.63) is 58.7 Å². The second-order valence-corrected chi connectivity index (χ2v) is 6.23. The van der Waals surface area contributed by atoms with Crippen molar-refractivity contribution in [2.75, 3.05) is 24.9 Å². The number of nitrogens with zero attached hydrogens (tertiary/aromatic N) is 3. The maximum atomic E-state index is 6.06. The Bertz CT molecular complexity index is 936. The number of aryl methyl sites for hydroxylation is 1. The third-order valence-corrected chi connectivity index (χ3v) is 4.15. The average molecular weight is 386 g/mol. The maximum Gasteiger partial charge on any atom is 0.244 e. The third kappa shape index (κ3) is 4.77. The van der Waals surface area contributed by atoms with Crippen molar-refractivity contribution in [2.45, 2.75) is 13.5 Å². The Balaban J connectivity index is 1.70. The number of anilines is 3. The number of methoxy groups -OCH3 is 2. The largest absolute Gasteiger partial charge is 0.493 e. The highest BCUT2D eigenvalue weighted by atomic mass is 35.5. The Morgan fingerprint density at radius 2 is 1.85 bits per heavy atom. The SMILES string of the molecule is COc1ccc(CNc2nncc(Nc3cc(Cl)ccc3C)n2)cc1OC. The molecule has 0 saturated carbocycles. The number of halogens is 1. The van der Waals surface area contributed by atoms with E-state index in [1.54, 1.807) is 20.4 Å². The highest BCUT2D eigenvalue weighted by Gasteiger charge is 2.07. The van der Waals surface area contributed by atoms with Gasteiger partial charge in [0.15, 0.2) is 17.3 Å². The molecule has 3 aromatic rings. The van der Waals surface area contributed by atoms with Crippen molar-refractivity contribution in [3.8, 4) is 11.5 Å². The Labute approximate surface area is 162 Å². The van der Waals surface area contributed by atoms with Gasteiger partial charge in [0.1, 0.15) is 0 Å². The molecule has 8 heteroatoms. The first-order chi connectivity index (χ1) is 13.1. The number of benzene rings is 2. The van der Waals surface area contributed by atoms with Crippen molar-refractivity contribution < 1.29 is 9.47 Å². The maximum absolute atomic E-state index is 6.06. The molecular weight excluding hydrogens is 366 g/mol. The highest BCUT2D eigenvalue weighted by molar-refractivity contribution is 6.30. The third-order valence-electron chi connectivity index (χ3n) is 3.92. The molecule has 0 spiro atoms. The standard InChI is InChI=1S/C19H20ClN5O2/c1-12-4-6-14(20)9-15(12)23-18-11-22-25-19(24-18)21-10-13-5-7-16(26-2)17(8-13)27-3/h4-9,11H,10H2,1-3H3,(H2,21,23,24,25). The molecule has 27 heavy (non-hydrogen) atoms. The smallest absolute Gasteiger partial charge is 0.244 e. The first kappa shape index (κ1) is 18.7. The van der Waals surface area contributed by atoms with E-state index in [0.29, 0.717) is 34.8 Å². The summed E-state index contributed by atoms with van der Waals surface area (Å²) in [7, 11) is 3.21. The summed E-state index contributed by atoms with van der Waals surface area (Å²) in [5.74, 6) is 2.34. The molecule has 140 valence electrons. The van der Waals surface area contributed by atoms with Crippen LogP contribution in [0.2, 0.25) is 5.02 Å². The van der Waals surface area contributed by atoms with Crippen molar-refractivity contribution in [3.63, 3.8) is 0 Å². The minimum absolute atomic E-state index is 0.412. The lowest BCUT2D eigenvalue weighted by molar-refractivity contribution is 0.354. The van der Waals surface area contributed by atoms with E-state index in [-0.39, 0.29) is 0 Å². The number of hydrogen-bond donors (Lipinski definition) is 2. The Hall–Kier alpha value is -3.06. The Morgan fingerprint density at radius 3 is 2.63 bits per heavy atom. The van der Waals surface area contributed by atoms with Gasteiger partial charge in [0.05, 0.1) is 20.4 Å². The summed E-state index contributed by atoms with van der Waals surface area (Å²) in [6, 6.07) is 11.3. The molecular formula is C19H20ClN5O2. The predicted octanol–water partition coefficient (Wildman–Crippen LogP) is 4.21. The van der Waals surface area contributed by atoms with E-state index >= 15 is 0 Å². The van der Waals surface area contributed by atoms with E-state index in [1.807, 2.05) is 43.3 Å². The zero-order valence-corrected chi connectivity index (χ0v) is 16.0. The van der Waals surface area contributed by atoms with Crippen LogP contribution in [0, 0.1) is 6.92 Å². The van der Waals surface area contributed by atoms with Crippen LogP contribution in [0.4, 0.5) is 17.5 Å². The van der Waals surface area contributed by atoms with Gasteiger partial charge in [-0.05, 0) is 42.3 Å². The van der Waals surface area contributed by atoms with Gasteiger partial charge in [0, 0.05) is 17.3 Å². The molecule has 3 rings (SSSR count). The number of hydrogen-bond acceptors (Lipinski definition) is 7. The number of rotatable bonds is 7. The van der Waals surface area contributed by atoms with Gasteiger partial charge in [0.2, 0.25) is 5.95 Å². The van der Waals surface area contributed by atoms with Crippen molar-refractivity contribution in [1.29, 1.82) is 0 Å². The molecule has 0 atom stereocenters. The van der Waals surface area contributed by atoms with Gasteiger partial charge in [-0.3, -0.25) is 0 Å². The summed E-state index contributed by atoms with van der Waals surface area (Å²) in [6.07, 6.45) is 1.56. The second-order valence-electron chi connectivity index (χ2n) is 5.79. The van der Waals surface area contributed by atoms with Crippen molar-refractivity contribution in [1.82, 2.24) is 15.2 Å². The quantitative estimate of drug-likeness (QED) is 0.630. The summed E-state index contributed by atoms with van der Waals surface area (Å²) in [4.78, 5) is 4.44.